The smallest absolute Gasteiger partial charge is 0.322 e. The molecule has 1 aliphatic heterocycles. The van der Waals surface area contributed by atoms with Gasteiger partial charge in [0.25, 0.3) is 0 Å². The summed E-state index contributed by atoms with van der Waals surface area (Å²) in [7, 11) is 1.40. The Bertz CT molecular complexity index is 264. The summed E-state index contributed by atoms with van der Waals surface area (Å²) in [6.45, 7) is 0. The van der Waals surface area contributed by atoms with Gasteiger partial charge in [-0.25, -0.2) is 0 Å². The average molecular weight is 197 g/mol. The molecule has 0 bridgehead atoms. The summed E-state index contributed by atoms with van der Waals surface area (Å²) in [4.78, 5) is 22.5. The van der Waals surface area contributed by atoms with E-state index in [9.17, 15) is 9.59 Å². The minimum atomic E-state index is -0.202. The first-order valence-electron chi connectivity index (χ1n) is 5.06. The van der Waals surface area contributed by atoms with E-state index in [4.69, 9.17) is 0 Å². The zero-order valence-electron chi connectivity index (χ0n) is 8.29. The molecule has 2 rings (SSSR count). The van der Waals surface area contributed by atoms with Crippen molar-refractivity contribution in [3.63, 3.8) is 0 Å². The van der Waals surface area contributed by atoms with Gasteiger partial charge in [0.05, 0.1) is 7.11 Å². The second-order valence-corrected chi connectivity index (χ2v) is 4.13. The van der Waals surface area contributed by atoms with E-state index in [1.165, 1.54) is 7.11 Å². The van der Waals surface area contributed by atoms with Crippen molar-refractivity contribution in [1.82, 2.24) is 5.32 Å². The van der Waals surface area contributed by atoms with Crippen LogP contribution in [0.3, 0.4) is 0 Å². The largest absolute Gasteiger partial charge is 0.468 e. The number of hydrogen-bond donors (Lipinski definition) is 1. The van der Waals surface area contributed by atoms with Gasteiger partial charge < -0.3 is 10.1 Å². The van der Waals surface area contributed by atoms with Gasteiger partial charge >= 0.3 is 5.97 Å². The molecular weight excluding hydrogens is 182 g/mol. The number of carbonyl (C=O) groups is 2. The summed E-state index contributed by atoms with van der Waals surface area (Å²) < 4.78 is 4.68. The van der Waals surface area contributed by atoms with Crippen LogP contribution < -0.4 is 5.32 Å². The van der Waals surface area contributed by atoms with Crippen LogP contribution in [0.1, 0.15) is 25.7 Å². The van der Waals surface area contributed by atoms with Crippen LogP contribution in [-0.4, -0.2) is 30.9 Å². The highest BCUT2D eigenvalue weighted by Crippen LogP contribution is 2.31. The summed E-state index contributed by atoms with van der Waals surface area (Å²) >= 11 is 0. The zero-order chi connectivity index (χ0) is 10.1. The average Bonchev–Trinajstić information content (AvgIpc) is 2.59. The van der Waals surface area contributed by atoms with Crippen LogP contribution >= 0.6 is 0 Å². The number of methoxy groups -OCH3 is 1. The fraction of sp³-hybridized carbons (Fsp3) is 0.800. The molecule has 0 aromatic carbocycles. The molecule has 2 fully saturated rings. The maximum Gasteiger partial charge on any atom is 0.322 e. The van der Waals surface area contributed by atoms with Gasteiger partial charge in [0.2, 0.25) is 0 Å². The fourth-order valence-electron chi connectivity index (χ4n) is 2.47. The minimum Gasteiger partial charge on any atom is -0.468 e. The van der Waals surface area contributed by atoms with Gasteiger partial charge in [-0.15, -0.1) is 0 Å². The van der Waals surface area contributed by atoms with Crippen LogP contribution in [-0.2, 0) is 14.3 Å². The van der Waals surface area contributed by atoms with E-state index >= 15 is 0 Å². The summed E-state index contributed by atoms with van der Waals surface area (Å²) in [5, 5.41) is 3.18. The van der Waals surface area contributed by atoms with Gasteiger partial charge in [0.1, 0.15) is 11.8 Å². The molecule has 4 nitrogen and oxygen atoms in total. The topological polar surface area (TPSA) is 55.4 Å². The Morgan fingerprint density at radius 2 is 2.36 bits per heavy atom. The molecule has 3 atom stereocenters. The quantitative estimate of drug-likeness (QED) is 0.613. The normalized spacial score (nSPS) is 36.6. The molecule has 1 heterocycles. The Morgan fingerprint density at radius 3 is 3.07 bits per heavy atom. The van der Waals surface area contributed by atoms with E-state index in [1.807, 2.05) is 0 Å². The van der Waals surface area contributed by atoms with Gasteiger partial charge in [-0.2, -0.15) is 0 Å². The minimum absolute atomic E-state index is 0.194. The molecular formula is C10H15NO3. The van der Waals surface area contributed by atoms with E-state index in [0.29, 0.717) is 24.5 Å². The lowest BCUT2D eigenvalue weighted by Crippen LogP contribution is -2.39. The molecule has 0 aromatic rings. The van der Waals surface area contributed by atoms with Crippen molar-refractivity contribution in [2.24, 2.45) is 5.92 Å². The summed E-state index contributed by atoms with van der Waals surface area (Å²) in [6.07, 6.45) is 3.00. The lowest BCUT2D eigenvalue weighted by molar-refractivity contribution is -0.142. The molecule has 4 heteroatoms. The number of rotatable bonds is 1. The summed E-state index contributed by atoms with van der Waals surface area (Å²) in [5.41, 5.74) is 0. The Balaban J connectivity index is 1.98. The van der Waals surface area contributed by atoms with E-state index in [1.54, 1.807) is 0 Å². The highest BCUT2D eigenvalue weighted by molar-refractivity contribution is 5.81. The molecule has 14 heavy (non-hydrogen) atoms. The second-order valence-electron chi connectivity index (χ2n) is 4.13. The highest BCUT2D eigenvalue weighted by Gasteiger charge is 2.40. The Labute approximate surface area is 83.0 Å². The van der Waals surface area contributed by atoms with Crippen LogP contribution in [0.4, 0.5) is 0 Å². The maximum absolute atomic E-state index is 11.3. The fourth-order valence-corrected chi connectivity index (χ4v) is 2.47. The first-order valence-corrected chi connectivity index (χ1v) is 5.06. The van der Waals surface area contributed by atoms with Crippen LogP contribution in [0.15, 0.2) is 0 Å². The molecule has 1 saturated heterocycles. The van der Waals surface area contributed by atoms with Crippen LogP contribution in [0.25, 0.3) is 0 Å². The van der Waals surface area contributed by atoms with Crippen LogP contribution in [0.5, 0.6) is 0 Å². The van der Waals surface area contributed by atoms with E-state index < -0.39 is 0 Å². The number of Topliss-reactive ketones (excluding diaryl/α,β-unsaturated/α-hetero) is 1. The third-order valence-corrected chi connectivity index (χ3v) is 3.25. The van der Waals surface area contributed by atoms with Crippen molar-refractivity contribution in [3.05, 3.63) is 0 Å². The van der Waals surface area contributed by atoms with E-state index in [2.05, 4.69) is 10.1 Å². The van der Waals surface area contributed by atoms with Crippen molar-refractivity contribution in [2.45, 2.75) is 37.8 Å². The Hall–Kier alpha value is -0.900. The van der Waals surface area contributed by atoms with Crippen molar-refractivity contribution in [1.29, 1.82) is 0 Å². The first-order chi connectivity index (χ1) is 6.70. The van der Waals surface area contributed by atoms with Crippen molar-refractivity contribution < 1.29 is 14.3 Å². The number of esters is 1. The SMILES string of the molecule is COC(=O)[C@@H]1CC2CCC(=O)CC2N1. The molecule has 0 amide bonds. The molecule has 2 aliphatic rings. The number of nitrogens with one attached hydrogen (secondary N) is 1. The van der Waals surface area contributed by atoms with Gasteiger partial charge in [-0.05, 0) is 18.8 Å². The lowest BCUT2D eigenvalue weighted by atomic mass is 9.84. The van der Waals surface area contributed by atoms with Crippen molar-refractivity contribution in [2.75, 3.05) is 7.11 Å². The molecule has 1 N–H and O–H groups in total. The lowest BCUT2D eigenvalue weighted by Gasteiger charge is -2.23. The van der Waals surface area contributed by atoms with Gasteiger partial charge in [0.15, 0.2) is 0 Å². The Kier molecular flexibility index (Phi) is 2.54. The van der Waals surface area contributed by atoms with Gasteiger partial charge in [0, 0.05) is 18.9 Å². The monoisotopic (exact) mass is 197 g/mol. The molecule has 1 aliphatic carbocycles. The van der Waals surface area contributed by atoms with E-state index in [-0.39, 0.29) is 18.1 Å². The van der Waals surface area contributed by atoms with Crippen molar-refractivity contribution in [3.8, 4) is 0 Å². The number of ketones is 1. The number of ether oxygens (including phenoxy) is 1. The standard InChI is InChI=1S/C10H15NO3/c1-14-10(13)9-4-6-2-3-7(12)5-8(6)11-9/h6,8-9,11H,2-5H2,1H3/t6?,8?,9-/m0/s1. The molecule has 78 valence electrons. The number of hydrogen-bond acceptors (Lipinski definition) is 4. The second kappa shape index (κ2) is 3.69. The maximum atomic E-state index is 11.3. The molecule has 0 radical (unpaired) electrons. The molecule has 1 saturated carbocycles. The van der Waals surface area contributed by atoms with Crippen LogP contribution in [0, 0.1) is 5.92 Å². The van der Waals surface area contributed by atoms with E-state index in [0.717, 1.165) is 12.8 Å². The zero-order valence-corrected chi connectivity index (χ0v) is 8.29. The third-order valence-electron chi connectivity index (χ3n) is 3.25. The van der Waals surface area contributed by atoms with Crippen molar-refractivity contribution >= 4 is 11.8 Å². The summed E-state index contributed by atoms with van der Waals surface area (Å²) in [5.74, 6) is 0.591. The predicted molar refractivity (Wildman–Crippen MR) is 49.7 cm³/mol. The molecule has 2 unspecified atom stereocenters. The molecule has 0 spiro atoms. The highest BCUT2D eigenvalue weighted by atomic mass is 16.5. The first kappa shape index (κ1) is 9.65. The summed E-state index contributed by atoms with van der Waals surface area (Å²) in [6, 6.07) is 0.0150. The van der Waals surface area contributed by atoms with Crippen LogP contribution in [0.2, 0.25) is 0 Å². The van der Waals surface area contributed by atoms with Gasteiger partial charge in [-0.3, -0.25) is 9.59 Å². The number of fused-ring (bicyclic) bond motifs is 1. The van der Waals surface area contributed by atoms with Gasteiger partial charge in [-0.1, -0.05) is 0 Å². The number of carbonyl (C=O) groups excluding carboxylic acids is 2. The molecule has 0 aromatic heterocycles. The Morgan fingerprint density at radius 1 is 1.57 bits per heavy atom. The third kappa shape index (κ3) is 1.66. The predicted octanol–water partition coefficient (Wildman–Crippen LogP) is 0.259.